The highest BCUT2D eigenvalue weighted by Crippen LogP contribution is 2.22. The Hall–Kier alpha value is -3.42. The summed E-state index contributed by atoms with van der Waals surface area (Å²) in [7, 11) is 0. The molecule has 0 saturated carbocycles. The van der Waals surface area contributed by atoms with Gasteiger partial charge in [0.1, 0.15) is 12.0 Å². The largest absolute Gasteiger partial charge is 0.468 e. The summed E-state index contributed by atoms with van der Waals surface area (Å²) in [5.74, 6) is 0.266. The molecule has 0 aromatic carbocycles. The average Bonchev–Trinajstić information content (AvgIpc) is 3.22. The fourth-order valence-electron chi connectivity index (χ4n) is 2.91. The van der Waals surface area contributed by atoms with Gasteiger partial charge in [-0.2, -0.15) is 5.10 Å². The third-order valence-corrected chi connectivity index (χ3v) is 4.18. The molecule has 0 unspecified atom stereocenters. The van der Waals surface area contributed by atoms with Crippen LogP contribution in [0.3, 0.4) is 0 Å². The van der Waals surface area contributed by atoms with Gasteiger partial charge in [-0.15, -0.1) is 0 Å². The van der Waals surface area contributed by atoms with Gasteiger partial charge in [0.25, 0.3) is 11.8 Å². The van der Waals surface area contributed by atoms with Crippen LogP contribution in [0.5, 0.6) is 0 Å². The third-order valence-electron chi connectivity index (χ3n) is 4.18. The van der Waals surface area contributed by atoms with E-state index in [2.05, 4.69) is 20.7 Å². The third kappa shape index (κ3) is 3.21. The maximum Gasteiger partial charge on any atom is 0.260 e. The maximum absolute atomic E-state index is 12.6. The SMILES string of the molecule is O=C(Nc1ccn(Cc2ccncc2)n1)c1coc2c1C(=O)NCCC2. The minimum absolute atomic E-state index is 0.225. The van der Waals surface area contributed by atoms with E-state index in [1.807, 2.05) is 12.1 Å². The van der Waals surface area contributed by atoms with E-state index >= 15 is 0 Å². The molecule has 0 spiro atoms. The van der Waals surface area contributed by atoms with Crippen molar-refractivity contribution in [3.63, 3.8) is 0 Å². The Balaban J connectivity index is 1.49. The molecular formula is C18H17N5O3. The Bertz CT molecular complexity index is 945. The molecule has 8 heteroatoms. The number of nitrogens with zero attached hydrogens (tertiary/aromatic N) is 3. The number of anilines is 1. The fraction of sp³-hybridized carbons (Fsp3) is 0.222. The highest BCUT2D eigenvalue weighted by Gasteiger charge is 2.26. The molecule has 0 saturated heterocycles. The van der Waals surface area contributed by atoms with Crippen LogP contribution in [-0.4, -0.2) is 33.1 Å². The van der Waals surface area contributed by atoms with Crippen LogP contribution in [-0.2, 0) is 13.0 Å². The van der Waals surface area contributed by atoms with Crippen LogP contribution < -0.4 is 10.6 Å². The predicted molar refractivity (Wildman–Crippen MR) is 92.9 cm³/mol. The van der Waals surface area contributed by atoms with Gasteiger partial charge in [0.05, 0.1) is 17.7 Å². The van der Waals surface area contributed by atoms with Crippen LogP contribution in [0.1, 0.15) is 38.5 Å². The molecule has 0 atom stereocenters. The number of fused-ring (bicyclic) bond motifs is 1. The van der Waals surface area contributed by atoms with Crippen molar-refractivity contribution >= 4 is 17.6 Å². The van der Waals surface area contributed by atoms with E-state index in [4.69, 9.17) is 4.42 Å². The molecule has 3 aromatic rings. The number of hydrogen-bond acceptors (Lipinski definition) is 5. The van der Waals surface area contributed by atoms with Crippen molar-refractivity contribution in [2.45, 2.75) is 19.4 Å². The molecule has 4 heterocycles. The maximum atomic E-state index is 12.6. The van der Waals surface area contributed by atoms with Crippen molar-refractivity contribution in [1.29, 1.82) is 0 Å². The molecular weight excluding hydrogens is 334 g/mol. The van der Waals surface area contributed by atoms with Crippen molar-refractivity contribution < 1.29 is 14.0 Å². The zero-order chi connectivity index (χ0) is 17.9. The van der Waals surface area contributed by atoms with Gasteiger partial charge in [-0.25, -0.2) is 0 Å². The molecule has 26 heavy (non-hydrogen) atoms. The number of nitrogens with one attached hydrogen (secondary N) is 2. The first-order valence-electron chi connectivity index (χ1n) is 8.33. The number of amides is 2. The molecule has 2 amide bonds. The number of carbonyl (C=O) groups excluding carboxylic acids is 2. The van der Waals surface area contributed by atoms with Crippen molar-refractivity contribution in [2.24, 2.45) is 0 Å². The summed E-state index contributed by atoms with van der Waals surface area (Å²) in [6, 6.07) is 5.51. The lowest BCUT2D eigenvalue weighted by atomic mass is 10.1. The standard InChI is InChI=1S/C18H17N5O3/c24-17(13-11-26-14-2-1-6-20-18(25)16(13)14)21-15-5-9-23(22-15)10-12-3-7-19-8-4-12/h3-5,7-9,11H,1-2,6,10H2,(H,20,25)(H,21,22,24). The number of hydrogen-bond donors (Lipinski definition) is 2. The van der Waals surface area contributed by atoms with Gasteiger partial charge in [0.2, 0.25) is 0 Å². The molecule has 1 aliphatic rings. The molecule has 2 N–H and O–H groups in total. The molecule has 0 radical (unpaired) electrons. The summed E-state index contributed by atoms with van der Waals surface area (Å²) >= 11 is 0. The van der Waals surface area contributed by atoms with Crippen molar-refractivity contribution in [3.8, 4) is 0 Å². The van der Waals surface area contributed by atoms with Gasteiger partial charge in [-0.1, -0.05) is 0 Å². The molecule has 0 aliphatic carbocycles. The Morgan fingerprint density at radius 3 is 3.00 bits per heavy atom. The van der Waals surface area contributed by atoms with Gasteiger partial charge in [0.15, 0.2) is 5.82 Å². The Kier molecular flexibility index (Phi) is 4.22. The Morgan fingerprint density at radius 2 is 2.15 bits per heavy atom. The van der Waals surface area contributed by atoms with Gasteiger partial charge in [0, 0.05) is 37.6 Å². The van der Waals surface area contributed by atoms with Gasteiger partial charge < -0.3 is 15.1 Å². The number of carbonyl (C=O) groups is 2. The van der Waals surface area contributed by atoms with Gasteiger partial charge in [-0.3, -0.25) is 19.3 Å². The normalized spacial score (nSPS) is 13.6. The lowest BCUT2D eigenvalue weighted by Crippen LogP contribution is -2.25. The first-order valence-corrected chi connectivity index (χ1v) is 8.33. The van der Waals surface area contributed by atoms with Crippen molar-refractivity contribution in [2.75, 3.05) is 11.9 Å². The van der Waals surface area contributed by atoms with Crippen LogP contribution in [0.4, 0.5) is 5.82 Å². The van der Waals surface area contributed by atoms with E-state index < -0.39 is 5.91 Å². The highest BCUT2D eigenvalue weighted by molar-refractivity contribution is 6.12. The van der Waals surface area contributed by atoms with Crippen LogP contribution in [0.15, 0.2) is 47.5 Å². The number of furan rings is 1. The first kappa shape index (κ1) is 16.1. The molecule has 0 fully saturated rings. The average molecular weight is 351 g/mol. The zero-order valence-electron chi connectivity index (χ0n) is 13.9. The summed E-state index contributed by atoms with van der Waals surface area (Å²) < 4.78 is 7.14. The minimum atomic E-state index is -0.416. The van der Waals surface area contributed by atoms with E-state index in [9.17, 15) is 9.59 Å². The second-order valence-corrected chi connectivity index (χ2v) is 6.02. The van der Waals surface area contributed by atoms with Crippen LogP contribution >= 0.6 is 0 Å². The number of rotatable bonds is 4. The van der Waals surface area contributed by atoms with E-state index in [1.54, 1.807) is 29.3 Å². The molecule has 4 rings (SSSR count). The molecule has 0 bridgehead atoms. The summed E-state index contributed by atoms with van der Waals surface area (Å²) in [5.41, 5.74) is 1.59. The first-order chi connectivity index (χ1) is 12.7. The smallest absolute Gasteiger partial charge is 0.260 e. The van der Waals surface area contributed by atoms with E-state index in [0.717, 1.165) is 12.0 Å². The summed E-state index contributed by atoms with van der Waals surface area (Å²) in [6.07, 6.45) is 7.96. The van der Waals surface area contributed by atoms with Gasteiger partial charge >= 0.3 is 0 Å². The zero-order valence-corrected chi connectivity index (χ0v) is 13.9. The lowest BCUT2D eigenvalue weighted by molar-refractivity contribution is 0.0943. The van der Waals surface area contributed by atoms with Crippen molar-refractivity contribution in [3.05, 3.63) is 65.5 Å². The summed E-state index contributed by atoms with van der Waals surface area (Å²) in [5, 5.41) is 9.83. The van der Waals surface area contributed by atoms with Crippen LogP contribution in [0.2, 0.25) is 0 Å². The fourth-order valence-corrected chi connectivity index (χ4v) is 2.91. The van der Waals surface area contributed by atoms with E-state index in [0.29, 0.717) is 36.7 Å². The monoisotopic (exact) mass is 351 g/mol. The van der Waals surface area contributed by atoms with E-state index in [1.165, 1.54) is 6.26 Å². The number of pyridine rings is 1. The quantitative estimate of drug-likeness (QED) is 0.747. The van der Waals surface area contributed by atoms with Gasteiger partial charge in [-0.05, 0) is 24.1 Å². The summed E-state index contributed by atoms with van der Waals surface area (Å²) in [6.45, 7) is 1.14. The second kappa shape index (κ2) is 6.83. The lowest BCUT2D eigenvalue weighted by Gasteiger charge is -2.04. The second-order valence-electron chi connectivity index (χ2n) is 6.02. The number of aryl methyl sites for hydroxylation is 1. The molecule has 3 aromatic heterocycles. The predicted octanol–water partition coefficient (Wildman–Crippen LogP) is 1.85. The molecule has 8 nitrogen and oxygen atoms in total. The number of aromatic nitrogens is 3. The highest BCUT2D eigenvalue weighted by atomic mass is 16.3. The van der Waals surface area contributed by atoms with Crippen LogP contribution in [0, 0.1) is 0 Å². The summed E-state index contributed by atoms with van der Waals surface area (Å²) in [4.78, 5) is 28.7. The Labute approximate surface area is 149 Å². The molecule has 132 valence electrons. The topological polar surface area (TPSA) is 102 Å². The Morgan fingerprint density at radius 1 is 1.31 bits per heavy atom. The van der Waals surface area contributed by atoms with Crippen LogP contribution in [0.25, 0.3) is 0 Å². The van der Waals surface area contributed by atoms with E-state index in [-0.39, 0.29) is 11.5 Å². The minimum Gasteiger partial charge on any atom is -0.468 e. The molecule has 1 aliphatic heterocycles. The van der Waals surface area contributed by atoms with Crippen molar-refractivity contribution in [1.82, 2.24) is 20.1 Å².